The maximum Gasteiger partial charge on any atom is 0.333 e. The predicted octanol–water partition coefficient (Wildman–Crippen LogP) is 6.06. The van der Waals surface area contributed by atoms with Crippen molar-refractivity contribution in [1.82, 2.24) is 0 Å². The lowest BCUT2D eigenvalue weighted by atomic mass is 9.33. The first-order valence-corrected chi connectivity index (χ1v) is 18.2. The molecular weight excluding hydrogens is 608 g/mol. The van der Waals surface area contributed by atoms with Gasteiger partial charge in [-0.3, -0.25) is 0 Å². The van der Waals surface area contributed by atoms with Crippen molar-refractivity contribution < 1.29 is 39.5 Å². The Labute approximate surface area is 288 Å². The molecule has 0 amide bonds. The molecule has 0 saturated heterocycles. The van der Waals surface area contributed by atoms with Gasteiger partial charge in [0.1, 0.15) is 6.10 Å². The summed E-state index contributed by atoms with van der Waals surface area (Å²) >= 11 is 0. The predicted molar refractivity (Wildman–Crippen MR) is 184 cm³/mol. The molecule has 0 aromatic carbocycles. The average Bonchev–Trinajstić information content (AvgIpc) is 3.03. The molecule has 4 fully saturated rings. The van der Waals surface area contributed by atoms with Gasteiger partial charge >= 0.3 is 11.9 Å². The molecule has 12 atom stereocenters. The molecule has 0 unspecified atom stereocenters. The number of rotatable bonds is 6. The number of carbonyl (C=O) groups excluding carboxylic acids is 2. The Morgan fingerprint density at radius 1 is 0.812 bits per heavy atom. The van der Waals surface area contributed by atoms with E-state index in [1.165, 1.54) is 5.57 Å². The third kappa shape index (κ3) is 4.97. The van der Waals surface area contributed by atoms with Crippen molar-refractivity contribution in [3.8, 4) is 0 Å². The van der Waals surface area contributed by atoms with Gasteiger partial charge in [0.05, 0.1) is 30.8 Å². The van der Waals surface area contributed by atoms with Crippen LogP contribution in [0.4, 0.5) is 0 Å². The number of hydrogen-bond acceptors (Lipinski definition) is 8. The number of aliphatic hydroxyl groups excluding tert-OH is 4. The average molecular weight is 671 g/mol. The van der Waals surface area contributed by atoms with Crippen molar-refractivity contribution in [2.45, 2.75) is 139 Å². The van der Waals surface area contributed by atoms with E-state index in [4.69, 9.17) is 9.47 Å². The highest BCUT2D eigenvalue weighted by atomic mass is 16.6. The summed E-state index contributed by atoms with van der Waals surface area (Å²) in [4.78, 5) is 26.8. The van der Waals surface area contributed by atoms with Gasteiger partial charge in [0.15, 0.2) is 6.10 Å². The highest BCUT2D eigenvalue weighted by Gasteiger charge is 2.73. The van der Waals surface area contributed by atoms with E-state index in [9.17, 15) is 30.0 Å². The van der Waals surface area contributed by atoms with Crippen LogP contribution in [0, 0.1) is 50.2 Å². The normalized spacial score (nSPS) is 47.0. The quantitative estimate of drug-likeness (QED) is 0.152. The summed E-state index contributed by atoms with van der Waals surface area (Å²) in [7, 11) is 0. The van der Waals surface area contributed by atoms with Crippen molar-refractivity contribution in [2.75, 3.05) is 13.2 Å². The zero-order chi connectivity index (χ0) is 35.8. The molecule has 8 nitrogen and oxygen atoms in total. The zero-order valence-corrected chi connectivity index (χ0v) is 31.1. The summed E-state index contributed by atoms with van der Waals surface area (Å²) < 4.78 is 12.5. The first kappa shape index (κ1) is 37.3. The topological polar surface area (TPSA) is 134 Å². The Morgan fingerprint density at radius 2 is 1.40 bits per heavy atom. The van der Waals surface area contributed by atoms with Crippen molar-refractivity contribution in [3.05, 3.63) is 34.9 Å². The second kappa shape index (κ2) is 12.3. The highest BCUT2D eigenvalue weighted by molar-refractivity contribution is 5.88. The van der Waals surface area contributed by atoms with E-state index < -0.39 is 64.6 Å². The number of ether oxygens (including phenoxy) is 2. The summed E-state index contributed by atoms with van der Waals surface area (Å²) in [6.45, 7) is 19.6. The monoisotopic (exact) mass is 670 g/mol. The Bertz CT molecular complexity index is 1390. The molecule has 5 aliphatic rings. The van der Waals surface area contributed by atoms with Crippen LogP contribution in [0.3, 0.4) is 0 Å². The zero-order valence-electron chi connectivity index (χ0n) is 31.1. The van der Waals surface area contributed by atoms with Crippen LogP contribution in [0.15, 0.2) is 34.9 Å². The third-order valence-electron chi connectivity index (χ3n) is 15.4. The molecule has 8 heteroatoms. The molecule has 0 radical (unpaired) electrons. The van der Waals surface area contributed by atoms with Crippen LogP contribution in [0.25, 0.3) is 0 Å². The Hall–Kier alpha value is -2.00. The smallest absolute Gasteiger partial charge is 0.333 e. The summed E-state index contributed by atoms with van der Waals surface area (Å²) in [6, 6.07) is 0. The van der Waals surface area contributed by atoms with E-state index in [0.29, 0.717) is 30.4 Å². The fourth-order valence-electron chi connectivity index (χ4n) is 11.9. The van der Waals surface area contributed by atoms with Gasteiger partial charge in [0.2, 0.25) is 0 Å². The minimum atomic E-state index is -1.28. The van der Waals surface area contributed by atoms with Gasteiger partial charge in [-0.2, -0.15) is 0 Å². The third-order valence-corrected chi connectivity index (χ3v) is 15.4. The van der Waals surface area contributed by atoms with Crippen LogP contribution >= 0.6 is 0 Å². The fourth-order valence-corrected chi connectivity index (χ4v) is 11.9. The molecule has 4 N–H and O–H groups in total. The number of aliphatic hydroxyl groups is 4. The molecule has 48 heavy (non-hydrogen) atoms. The molecule has 4 saturated carbocycles. The summed E-state index contributed by atoms with van der Waals surface area (Å²) in [5.74, 6) is -0.954. The lowest BCUT2D eigenvalue weighted by Gasteiger charge is -2.72. The number of fused-ring (bicyclic) bond motifs is 7. The molecule has 0 bridgehead atoms. The Morgan fingerprint density at radius 3 is 1.94 bits per heavy atom. The van der Waals surface area contributed by atoms with E-state index in [0.717, 1.165) is 25.7 Å². The first-order valence-electron chi connectivity index (χ1n) is 18.2. The van der Waals surface area contributed by atoms with Crippen LogP contribution < -0.4 is 0 Å². The van der Waals surface area contributed by atoms with Crippen LogP contribution in [0.2, 0.25) is 0 Å². The minimum Gasteiger partial charge on any atom is -0.454 e. The Kier molecular flexibility index (Phi) is 9.58. The minimum absolute atomic E-state index is 0.0444. The molecule has 0 aromatic heterocycles. The van der Waals surface area contributed by atoms with Gasteiger partial charge in [-0.05, 0) is 107 Å². The SMILES string of the molecule is C/C=C(\C)C(=O)O[C@H]1[C@H](OC(=O)/C(C)=C/C)[C@]2(CO)[C@H](O)C[C@]3(C)C(=CC[C@@H]4[C@@]5(C)CC[C@H](O)[C@](C)(CO)[C@@H]5CC[C@]43C)[C@@H]2CC1(C)C. The maximum absolute atomic E-state index is 13.5. The van der Waals surface area contributed by atoms with Gasteiger partial charge in [-0.15, -0.1) is 0 Å². The van der Waals surface area contributed by atoms with Gasteiger partial charge in [-0.1, -0.05) is 65.3 Å². The summed E-state index contributed by atoms with van der Waals surface area (Å²) in [5, 5.41) is 45.7. The molecule has 5 rings (SSSR count). The Balaban J connectivity index is 1.65. The second-order valence-corrected chi connectivity index (χ2v) is 17.8. The number of allylic oxidation sites excluding steroid dienone is 4. The van der Waals surface area contributed by atoms with Crippen molar-refractivity contribution >= 4 is 11.9 Å². The molecule has 270 valence electrons. The lowest BCUT2D eigenvalue weighted by Crippen LogP contribution is -2.72. The molecule has 5 aliphatic carbocycles. The van der Waals surface area contributed by atoms with E-state index in [2.05, 4.69) is 33.8 Å². The van der Waals surface area contributed by atoms with Gasteiger partial charge in [-0.25, -0.2) is 9.59 Å². The van der Waals surface area contributed by atoms with Crippen molar-refractivity contribution in [2.24, 2.45) is 50.2 Å². The first-order chi connectivity index (χ1) is 22.3. The summed E-state index contributed by atoms with van der Waals surface area (Å²) in [5.41, 5.74) is -1.21. The maximum atomic E-state index is 13.5. The van der Waals surface area contributed by atoms with E-state index in [-0.39, 0.29) is 35.2 Å². The van der Waals surface area contributed by atoms with E-state index in [1.54, 1.807) is 39.8 Å². The fraction of sp³-hybridized carbons (Fsp3) is 0.800. The summed E-state index contributed by atoms with van der Waals surface area (Å²) in [6.07, 6.45) is 7.19. The number of hydrogen-bond donors (Lipinski definition) is 4. The molecule has 0 spiro atoms. The number of esters is 2. The highest BCUT2D eigenvalue weighted by Crippen LogP contribution is 2.76. The molecule has 0 aromatic rings. The molecular formula is C40H62O8. The van der Waals surface area contributed by atoms with Crippen LogP contribution in [0.5, 0.6) is 0 Å². The van der Waals surface area contributed by atoms with Gasteiger partial charge < -0.3 is 29.9 Å². The molecule has 0 aliphatic heterocycles. The van der Waals surface area contributed by atoms with E-state index >= 15 is 0 Å². The van der Waals surface area contributed by atoms with Gasteiger partial charge in [0, 0.05) is 22.0 Å². The van der Waals surface area contributed by atoms with E-state index in [1.807, 2.05) is 13.8 Å². The van der Waals surface area contributed by atoms with Crippen LogP contribution in [0.1, 0.15) is 114 Å². The van der Waals surface area contributed by atoms with Crippen molar-refractivity contribution in [1.29, 1.82) is 0 Å². The lowest BCUT2D eigenvalue weighted by molar-refractivity contribution is -0.266. The molecule has 0 heterocycles. The largest absolute Gasteiger partial charge is 0.454 e. The number of carbonyl (C=O) groups is 2. The van der Waals surface area contributed by atoms with Gasteiger partial charge in [0.25, 0.3) is 0 Å². The second-order valence-electron chi connectivity index (χ2n) is 17.8. The van der Waals surface area contributed by atoms with Crippen molar-refractivity contribution in [3.63, 3.8) is 0 Å². The van der Waals surface area contributed by atoms with Crippen LogP contribution in [-0.4, -0.2) is 70.0 Å². The van der Waals surface area contributed by atoms with Crippen LogP contribution in [-0.2, 0) is 19.1 Å². The standard InChI is InChI=1S/C40H62O8/c1-11-23(3)33(45)47-31-32(48-34(46)24(4)12-2)40(22-42)26(19-35(31,5)6)25-13-14-28-36(7)17-16-29(43)37(8,21-41)27(36)15-18-38(28,9)39(25,10)20-30(40)44/h11-13,26-32,41-44H,14-22H2,1-10H3/b23-11+,24-12+/t26-,27+,28+,29-,30+,31-,32-,36-,37+,38+,39+,40-/m0/s1.